The first-order valence-electron chi connectivity index (χ1n) is 9.24. The second-order valence-corrected chi connectivity index (χ2v) is 6.57. The molecule has 0 saturated carbocycles. The highest BCUT2D eigenvalue weighted by molar-refractivity contribution is 5.82. The minimum absolute atomic E-state index is 0.117. The third-order valence-electron chi connectivity index (χ3n) is 4.25. The van der Waals surface area contributed by atoms with Crippen LogP contribution in [0.5, 0.6) is 5.75 Å². The van der Waals surface area contributed by atoms with Crippen LogP contribution in [0.1, 0.15) is 13.8 Å². The Hall–Kier alpha value is -2.64. The monoisotopic (exact) mass is 387 g/mol. The van der Waals surface area contributed by atoms with Gasteiger partial charge in [-0.25, -0.2) is 9.37 Å². The molecule has 0 saturated heterocycles. The molecule has 2 aromatic heterocycles. The molecule has 28 heavy (non-hydrogen) atoms. The quantitative estimate of drug-likeness (QED) is 0.517. The van der Waals surface area contributed by atoms with Crippen molar-refractivity contribution in [3.8, 4) is 17.0 Å². The van der Waals surface area contributed by atoms with Gasteiger partial charge in [-0.05, 0) is 31.2 Å². The Morgan fingerprint density at radius 2 is 1.96 bits per heavy atom. The van der Waals surface area contributed by atoms with Gasteiger partial charge in [0.15, 0.2) is 0 Å². The Kier molecular flexibility index (Phi) is 6.16. The van der Waals surface area contributed by atoms with Crippen molar-refractivity contribution in [1.29, 1.82) is 0 Å². The number of halogens is 1. The molecule has 7 heteroatoms. The van der Waals surface area contributed by atoms with Crippen molar-refractivity contribution >= 4 is 11.3 Å². The van der Waals surface area contributed by atoms with Gasteiger partial charge in [-0.15, -0.1) is 0 Å². The summed E-state index contributed by atoms with van der Waals surface area (Å²) in [7, 11) is 3.92. The molecule has 3 rings (SSSR count). The van der Waals surface area contributed by atoms with Crippen molar-refractivity contribution in [3.05, 3.63) is 48.8 Å². The minimum Gasteiger partial charge on any atom is -0.438 e. The number of anilines is 1. The molecule has 0 aliphatic rings. The molecule has 0 radical (unpaired) electrons. The highest BCUT2D eigenvalue weighted by Gasteiger charge is 2.30. The number of pyridine rings is 1. The first-order valence-corrected chi connectivity index (χ1v) is 9.24. The summed E-state index contributed by atoms with van der Waals surface area (Å²) in [5, 5.41) is 0. The van der Waals surface area contributed by atoms with E-state index in [1.54, 1.807) is 6.92 Å². The Labute approximate surface area is 164 Å². The van der Waals surface area contributed by atoms with E-state index in [0.717, 1.165) is 22.6 Å². The fourth-order valence-electron chi connectivity index (χ4n) is 3.08. The maximum atomic E-state index is 12.7. The molecule has 1 unspecified atom stereocenters. The summed E-state index contributed by atoms with van der Waals surface area (Å²) in [6, 6.07) is 11.6. The van der Waals surface area contributed by atoms with Gasteiger partial charge in [0.1, 0.15) is 18.1 Å². The van der Waals surface area contributed by atoms with Crippen molar-refractivity contribution in [3.63, 3.8) is 0 Å². The molecule has 150 valence electrons. The SMILES string of the molecule is CCOC(C)(OCCF)Oc1cccc(N(C)C)c1-c1cn2ccccc2n1. The number of alkyl halides is 1. The normalized spacial score (nSPS) is 13.5. The highest BCUT2D eigenvalue weighted by atomic mass is 19.1. The first-order chi connectivity index (χ1) is 13.5. The van der Waals surface area contributed by atoms with Crippen molar-refractivity contribution in [1.82, 2.24) is 9.38 Å². The number of rotatable bonds is 9. The molecule has 1 aromatic carbocycles. The molecule has 6 nitrogen and oxygen atoms in total. The number of hydrogen-bond acceptors (Lipinski definition) is 5. The molecule has 0 aliphatic heterocycles. The van der Waals surface area contributed by atoms with E-state index in [2.05, 4.69) is 0 Å². The van der Waals surface area contributed by atoms with Crippen LogP contribution in [0.2, 0.25) is 0 Å². The van der Waals surface area contributed by atoms with Crippen molar-refractivity contribution < 1.29 is 18.6 Å². The van der Waals surface area contributed by atoms with Crippen LogP contribution in [0.15, 0.2) is 48.8 Å². The molecule has 2 heterocycles. The molecule has 0 fully saturated rings. The van der Waals surface area contributed by atoms with Crippen LogP contribution in [0.3, 0.4) is 0 Å². The zero-order valence-corrected chi connectivity index (χ0v) is 16.7. The molecular weight excluding hydrogens is 361 g/mol. The van der Waals surface area contributed by atoms with E-state index in [9.17, 15) is 4.39 Å². The highest BCUT2D eigenvalue weighted by Crippen LogP contribution is 2.39. The average Bonchev–Trinajstić information content (AvgIpc) is 3.10. The first kappa shape index (κ1) is 20.1. The molecule has 1 atom stereocenters. The average molecular weight is 387 g/mol. The van der Waals surface area contributed by atoms with Gasteiger partial charge in [0.2, 0.25) is 0 Å². The van der Waals surface area contributed by atoms with Crippen LogP contribution in [-0.2, 0) is 9.47 Å². The number of ether oxygens (including phenoxy) is 3. The van der Waals surface area contributed by atoms with E-state index >= 15 is 0 Å². The number of fused-ring (bicyclic) bond motifs is 1. The summed E-state index contributed by atoms with van der Waals surface area (Å²) >= 11 is 0. The molecule has 0 N–H and O–H groups in total. The lowest BCUT2D eigenvalue weighted by Gasteiger charge is -2.31. The van der Waals surface area contributed by atoms with Crippen LogP contribution >= 0.6 is 0 Å². The Balaban J connectivity index is 2.09. The maximum absolute atomic E-state index is 12.7. The predicted octanol–water partition coefficient (Wildman–Crippen LogP) is 4.14. The zero-order valence-electron chi connectivity index (χ0n) is 16.7. The summed E-state index contributed by atoms with van der Waals surface area (Å²) in [5.74, 6) is -0.857. The lowest BCUT2D eigenvalue weighted by Crippen LogP contribution is -2.40. The van der Waals surface area contributed by atoms with Gasteiger partial charge in [-0.3, -0.25) is 0 Å². The second-order valence-electron chi connectivity index (χ2n) is 6.57. The van der Waals surface area contributed by atoms with Gasteiger partial charge in [-0.2, -0.15) is 0 Å². The summed E-state index contributed by atoms with van der Waals surface area (Å²) < 4.78 is 31.9. The minimum atomic E-state index is -1.40. The summed E-state index contributed by atoms with van der Waals surface area (Å²) in [6.07, 6.45) is 3.89. The fourth-order valence-corrected chi connectivity index (χ4v) is 3.08. The van der Waals surface area contributed by atoms with Gasteiger partial charge in [-0.1, -0.05) is 12.1 Å². The van der Waals surface area contributed by atoms with Crippen molar-refractivity contribution in [2.24, 2.45) is 0 Å². The van der Waals surface area contributed by atoms with Crippen LogP contribution in [0.4, 0.5) is 10.1 Å². The number of benzene rings is 1. The van der Waals surface area contributed by atoms with Gasteiger partial charge in [0, 0.05) is 39.1 Å². The second kappa shape index (κ2) is 8.58. The Bertz CT molecular complexity index is 895. The summed E-state index contributed by atoms with van der Waals surface area (Å²) in [5.41, 5.74) is 3.34. The zero-order chi connectivity index (χ0) is 20.1. The summed E-state index contributed by atoms with van der Waals surface area (Å²) in [4.78, 5) is 6.73. The van der Waals surface area contributed by atoms with Gasteiger partial charge in [0.05, 0.1) is 24.5 Å². The van der Waals surface area contributed by atoms with E-state index in [4.69, 9.17) is 19.2 Å². The van der Waals surface area contributed by atoms with E-state index in [0.29, 0.717) is 12.4 Å². The van der Waals surface area contributed by atoms with E-state index in [1.165, 1.54) is 0 Å². The third kappa shape index (κ3) is 4.26. The van der Waals surface area contributed by atoms with Gasteiger partial charge in [0.25, 0.3) is 0 Å². The number of hydrogen-bond donors (Lipinski definition) is 0. The summed E-state index contributed by atoms with van der Waals surface area (Å²) in [6.45, 7) is 3.10. The Morgan fingerprint density at radius 3 is 2.64 bits per heavy atom. The smallest absolute Gasteiger partial charge is 0.323 e. The van der Waals surface area contributed by atoms with Crippen LogP contribution < -0.4 is 9.64 Å². The van der Waals surface area contributed by atoms with Crippen LogP contribution in [-0.4, -0.2) is 49.3 Å². The van der Waals surface area contributed by atoms with Gasteiger partial charge < -0.3 is 23.5 Å². The molecular formula is C21H26FN3O3. The topological polar surface area (TPSA) is 48.2 Å². The van der Waals surface area contributed by atoms with E-state index < -0.39 is 12.6 Å². The third-order valence-corrected chi connectivity index (χ3v) is 4.25. The molecule has 3 aromatic rings. The molecule has 0 amide bonds. The largest absolute Gasteiger partial charge is 0.438 e. The van der Waals surface area contributed by atoms with Crippen molar-refractivity contribution in [2.45, 2.75) is 19.8 Å². The standard InChI is InChI=1S/C21H26FN3O3/c1-5-26-21(2,27-14-12-22)28-18-10-8-9-17(24(3)4)20(18)16-15-25-13-7-6-11-19(25)23-16/h6-11,13,15H,5,12,14H2,1-4H3. The van der Waals surface area contributed by atoms with Crippen LogP contribution in [0.25, 0.3) is 16.9 Å². The lowest BCUT2D eigenvalue weighted by atomic mass is 10.1. The number of imidazole rings is 1. The fraction of sp³-hybridized carbons (Fsp3) is 0.381. The van der Waals surface area contributed by atoms with E-state index in [1.807, 2.05) is 79.1 Å². The molecule has 0 aliphatic carbocycles. The molecule has 0 bridgehead atoms. The maximum Gasteiger partial charge on any atom is 0.323 e. The van der Waals surface area contributed by atoms with Crippen LogP contribution in [0, 0.1) is 0 Å². The van der Waals surface area contributed by atoms with Gasteiger partial charge >= 0.3 is 5.97 Å². The molecule has 0 spiro atoms. The Morgan fingerprint density at radius 1 is 1.14 bits per heavy atom. The van der Waals surface area contributed by atoms with Crippen molar-refractivity contribution in [2.75, 3.05) is 38.9 Å². The number of aromatic nitrogens is 2. The lowest BCUT2D eigenvalue weighted by molar-refractivity contribution is -0.330. The predicted molar refractivity (Wildman–Crippen MR) is 108 cm³/mol. The number of nitrogens with zero attached hydrogens (tertiary/aromatic N) is 3. The van der Waals surface area contributed by atoms with E-state index in [-0.39, 0.29) is 6.61 Å².